The summed E-state index contributed by atoms with van der Waals surface area (Å²) < 4.78 is 12.3. The summed E-state index contributed by atoms with van der Waals surface area (Å²) in [5.41, 5.74) is 0.799. The number of carbonyl (C=O) groups is 4. The quantitative estimate of drug-likeness (QED) is 0.623. The van der Waals surface area contributed by atoms with Gasteiger partial charge in [-0.25, -0.2) is 4.68 Å². The third-order valence-electron chi connectivity index (χ3n) is 4.92. The Kier molecular flexibility index (Phi) is 5.27. The summed E-state index contributed by atoms with van der Waals surface area (Å²) in [6.07, 6.45) is 1.85. The molecule has 0 spiro atoms. The largest absolute Gasteiger partial charge is 0.486 e. The van der Waals surface area contributed by atoms with Crippen molar-refractivity contribution in [1.82, 2.24) is 25.2 Å². The van der Waals surface area contributed by atoms with Crippen molar-refractivity contribution in [3.63, 3.8) is 0 Å². The predicted octanol–water partition coefficient (Wildman–Crippen LogP) is -0.0953. The van der Waals surface area contributed by atoms with Crippen LogP contribution in [-0.4, -0.2) is 63.3 Å². The lowest BCUT2D eigenvalue weighted by molar-refractivity contribution is -0.136. The van der Waals surface area contributed by atoms with E-state index in [1.165, 1.54) is 6.07 Å². The first-order chi connectivity index (χ1) is 14.5. The van der Waals surface area contributed by atoms with Gasteiger partial charge in [-0.1, -0.05) is 11.3 Å². The van der Waals surface area contributed by atoms with E-state index in [9.17, 15) is 19.2 Å². The Hall–Kier alpha value is -3.60. The summed E-state index contributed by atoms with van der Waals surface area (Å²) in [6, 6.07) is 3.66. The van der Waals surface area contributed by atoms with Crippen LogP contribution in [0.4, 0.5) is 0 Å². The molecule has 1 aromatic heterocycles. The standard InChI is InChI=1S/C19H19N5O6/c1-29-8-7-23-9-11(21-22-23)10-30-14-4-2-3-12-16(14)19(28)24(18(12)27)13-5-6-15(25)20-17(13)26/h2-4,9,13H,5-8,10H2,1H3,(H,20,25,26). The number of nitrogens with zero attached hydrogens (tertiary/aromatic N) is 4. The minimum absolute atomic E-state index is 0.0450. The molecule has 1 fully saturated rings. The number of benzene rings is 1. The molecule has 0 aliphatic carbocycles. The topological polar surface area (TPSA) is 133 Å². The summed E-state index contributed by atoms with van der Waals surface area (Å²) in [5, 5.41) is 10.1. The van der Waals surface area contributed by atoms with E-state index in [0.29, 0.717) is 18.8 Å². The van der Waals surface area contributed by atoms with E-state index in [1.54, 1.807) is 30.1 Å². The first-order valence-corrected chi connectivity index (χ1v) is 9.35. The molecule has 4 rings (SSSR count). The van der Waals surface area contributed by atoms with Gasteiger partial charge in [0.25, 0.3) is 11.8 Å². The number of fused-ring (bicyclic) bond motifs is 1. The van der Waals surface area contributed by atoms with Gasteiger partial charge in [0.15, 0.2) is 0 Å². The maximum Gasteiger partial charge on any atom is 0.266 e. The first kappa shape index (κ1) is 19.7. The molecule has 2 aliphatic rings. The van der Waals surface area contributed by atoms with Crippen LogP contribution in [0, 0.1) is 0 Å². The monoisotopic (exact) mass is 413 g/mol. The molecule has 30 heavy (non-hydrogen) atoms. The molecular formula is C19H19N5O6. The molecule has 2 aromatic rings. The fourth-order valence-corrected chi connectivity index (χ4v) is 3.45. The number of amides is 4. The first-order valence-electron chi connectivity index (χ1n) is 9.35. The highest BCUT2D eigenvalue weighted by Crippen LogP contribution is 2.33. The molecule has 0 radical (unpaired) electrons. The third kappa shape index (κ3) is 3.54. The Labute approximate surface area is 170 Å². The van der Waals surface area contributed by atoms with Crippen LogP contribution in [0.5, 0.6) is 5.75 Å². The fourth-order valence-electron chi connectivity index (χ4n) is 3.45. The molecule has 1 N–H and O–H groups in total. The molecule has 1 atom stereocenters. The SMILES string of the molecule is COCCn1cc(COc2cccc3c2C(=O)N(C2CCC(=O)NC2=O)C3=O)nn1. The highest BCUT2D eigenvalue weighted by molar-refractivity contribution is 6.24. The van der Waals surface area contributed by atoms with Gasteiger partial charge < -0.3 is 9.47 Å². The van der Waals surface area contributed by atoms with Crippen LogP contribution in [0.3, 0.4) is 0 Å². The summed E-state index contributed by atoms with van der Waals surface area (Å²) >= 11 is 0. The van der Waals surface area contributed by atoms with Crippen molar-refractivity contribution in [2.24, 2.45) is 0 Å². The molecule has 156 valence electrons. The van der Waals surface area contributed by atoms with Gasteiger partial charge in [0, 0.05) is 13.5 Å². The van der Waals surface area contributed by atoms with Crippen LogP contribution in [0.15, 0.2) is 24.4 Å². The van der Waals surface area contributed by atoms with E-state index in [0.717, 1.165) is 4.90 Å². The average molecular weight is 413 g/mol. The number of hydrogen-bond acceptors (Lipinski definition) is 8. The lowest BCUT2D eigenvalue weighted by atomic mass is 10.0. The minimum atomic E-state index is -1.02. The van der Waals surface area contributed by atoms with Crippen LogP contribution in [0.2, 0.25) is 0 Å². The summed E-state index contributed by atoms with van der Waals surface area (Å²) in [5.74, 6) is -2.07. The smallest absolute Gasteiger partial charge is 0.266 e. The highest BCUT2D eigenvalue weighted by Gasteiger charge is 2.45. The van der Waals surface area contributed by atoms with Crippen molar-refractivity contribution >= 4 is 23.6 Å². The van der Waals surface area contributed by atoms with Crippen LogP contribution in [-0.2, 0) is 27.5 Å². The summed E-state index contributed by atoms with van der Waals surface area (Å²) in [4.78, 5) is 50.3. The van der Waals surface area contributed by atoms with Crippen molar-refractivity contribution in [2.75, 3.05) is 13.7 Å². The second-order valence-electron chi connectivity index (χ2n) is 6.88. The van der Waals surface area contributed by atoms with E-state index < -0.39 is 29.7 Å². The van der Waals surface area contributed by atoms with Gasteiger partial charge in [-0.2, -0.15) is 0 Å². The van der Waals surface area contributed by atoms with Gasteiger partial charge in [-0.15, -0.1) is 5.10 Å². The average Bonchev–Trinajstić information content (AvgIpc) is 3.28. The molecule has 2 aliphatic heterocycles. The maximum absolute atomic E-state index is 13.0. The van der Waals surface area contributed by atoms with Crippen molar-refractivity contribution in [3.8, 4) is 5.75 Å². The molecule has 11 heteroatoms. The maximum atomic E-state index is 13.0. The number of methoxy groups -OCH3 is 1. The van der Waals surface area contributed by atoms with E-state index in [4.69, 9.17) is 9.47 Å². The Morgan fingerprint density at radius 2 is 2.03 bits per heavy atom. The molecule has 1 unspecified atom stereocenters. The summed E-state index contributed by atoms with van der Waals surface area (Å²) in [7, 11) is 1.59. The number of carbonyl (C=O) groups excluding carboxylic acids is 4. The number of aromatic nitrogens is 3. The number of ether oxygens (including phenoxy) is 2. The van der Waals surface area contributed by atoms with E-state index in [1.807, 2.05) is 0 Å². The van der Waals surface area contributed by atoms with Gasteiger partial charge in [0.05, 0.1) is 30.5 Å². The zero-order valence-electron chi connectivity index (χ0n) is 16.2. The Morgan fingerprint density at radius 1 is 1.20 bits per heavy atom. The molecule has 0 bridgehead atoms. The van der Waals surface area contributed by atoms with Gasteiger partial charge in [-0.05, 0) is 18.6 Å². The number of rotatable bonds is 7. The van der Waals surface area contributed by atoms with Crippen LogP contribution in [0.25, 0.3) is 0 Å². The predicted molar refractivity (Wildman–Crippen MR) is 99.3 cm³/mol. The second kappa shape index (κ2) is 8.03. The van der Waals surface area contributed by atoms with Crippen LogP contribution in [0.1, 0.15) is 39.3 Å². The molecule has 0 saturated carbocycles. The van der Waals surface area contributed by atoms with Crippen molar-refractivity contribution in [2.45, 2.75) is 32.0 Å². The van der Waals surface area contributed by atoms with Gasteiger partial charge >= 0.3 is 0 Å². The second-order valence-corrected chi connectivity index (χ2v) is 6.88. The normalized spacial score (nSPS) is 18.6. The number of nitrogens with one attached hydrogen (secondary N) is 1. The van der Waals surface area contributed by atoms with E-state index in [-0.39, 0.29) is 36.3 Å². The minimum Gasteiger partial charge on any atom is -0.486 e. The zero-order chi connectivity index (χ0) is 21.3. The number of piperidine rings is 1. The van der Waals surface area contributed by atoms with E-state index in [2.05, 4.69) is 15.6 Å². The number of imide groups is 2. The number of hydrogen-bond donors (Lipinski definition) is 1. The molecule has 3 heterocycles. The van der Waals surface area contributed by atoms with Gasteiger partial charge in [0.2, 0.25) is 11.8 Å². The van der Waals surface area contributed by atoms with E-state index >= 15 is 0 Å². The molecule has 1 aromatic carbocycles. The van der Waals surface area contributed by atoms with Crippen LogP contribution < -0.4 is 10.1 Å². The van der Waals surface area contributed by atoms with Crippen molar-refractivity contribution < 1.29 is 28.7 Å². The fraction of sp³-hybridized carbons (Fsp3) is 0.368. The lowest BCUT2D eigenvalue weighted by Crippen LogP contribution is -2.54. The van der Waals surface area contributed by atoms with Gasteiger partial charge in [0.1, 0.15) is 24.1 Å². The molecule has 1 saturated heterocycles. The van der Waals surface area contributed by atoms with Crippen molar-refractivity contribution in [1.29, 1.82) is 0 Å². The molecule has 11 nitrogen and oxygen atoms in total. The Balaban J connectivity index is 1.52. The molecule has 4 amide bonds. The third-order valence-corrected chi connectivity index (χ3v) is 4.92. The summed E-state index contributed by atoms with van der Waals surface area (Å²) in [6.45, 7) is 1.07. The Morgan fingerprint density at radius 3 is 2.80 bits per heavy atom. The lowest BCUT2D eigenvalue weighted by Gasteiger charge is -2.27. The van der Waals surface area contributed by atoms with Gasteiger partial charge in [-0.3, -0.25) is 29.4 Å². The Bertz CT molecular complexity index is 1030. The highest BCUT2D eigenvalue weighted by atomic mass is 16.5. The van der Waals surface area contributed by atoms with Crippen molar-refractivity contribution in [3.05, 3.63) is 41.2 Å². The zero-order valence-corrected chi connectivity index (χ0v) is 16.2. The molecular weight excluding hydrogens is 394 g/mol. The van der Waals surface area contributed by atoms with Crippen LogP contribution >= 0.6 is 0 Å².